The van der Waals surface area contributed by atoms with Gasteiger partial charge in [-0.05, 0) is 15.9 Å². The van der Waals surface area contributed by atoms with Crippen LogP contribution in [0.15, 0.2) is 0 Å². The lowest BCUT2D eigenvalue weighted by molar-refractivity contribution is 0.226. The van der Waals surface area contributed by atoms with Crippen LogP contribution in [-0.2, 0) is 28.6 Å². The van der Waals surface area contributed by atoms with Crippen LogP contribution in [-0.4, -0.2) is 33.5 Å². The van der Waals surface area contributed by atoms with Crippen LogP contribution in [0.25, 0.3) is 0 Å². The smallest absolute Gasteiger partial charge is 0.292 e. The second-order valence-corrected chi connectivity index (χ2v) is 7.06. The van der Waals surface area contributed by atoms with Gasteiger partial charge in [-0.2, -0.15) is 8.42 Å². The molecule has 1 aliphatic heterocycles. The zero-order valence-corrected chi connectivity index (χ0v) is 8.82. The maximum atomic E-state index is 11.0. The Labute approximate surface area is 78.2 Å². The fourth-order valence-corrected chi connectivity index (χ4v) is 3.16. The molecule has 1 heterocycles. The molecular weight excluding hydrogens is 276 g/mol. The number of hydrogen-bond acceptors (Lipinski definition) is 5. The highest BCUT2D eigenvalue weighted by atomic mass is 79.9. The maximum Gasteiger partial charge on any atom is 0.316 e. The molecule has 0 fully saturated rings. The summed E-state index contributed by atoms with van der Waals surface area (Å²) in [5, 5.41) is 0. The molecular formula is C3H5BrO6S2. The van der Waals surface area contributed by atoms with E-state index in [1.54, 1.807) is 0 Å². The van der Waals surface area contributed by atoms with Gasteiger partial charge in [-0.15, -0.1) is 0 Å². The van der Waals surface area contributed by atoms with Crippen molar-refractivity contribution in [3.63, 3.8) is 0 Å². The normalized spacial score (nSPS) is 36.0. The van der Waals surface area contributed by atoms with Crippen LogP contribution < -0.4 is 0 Å². The molecule has 6 nitrogen and oxygen atoms in total. The zero-order valence-electron chi connectivity index (χ0n) is 5.60. The van der Waals surface area contributed by atoms with E-state index in [2.05, 4.69) is 24.3 Å². The Morgan fingerprint density at radius 3 is 2.33 bits per heavy atom. The Hall–Kier alpha value is 0.330. The molecule has 1 N–H and O–H groups in total. The molecule has 0 aromatic rings. The molecule has 9 heteroatoms. The van der Waals surface area contributed by atoms with E-state index in [1.165, 1.54) is 0 Å². The maximum absolute atomic E-state index is 11.0. The van der Waals surface area contributed by atoms with Crippen molar-refractivity contribution in [3.05, 3.63) is 0 Å². The Morgan fingerprint density at radius 2 is 1.75 bits per heavy atom. The van der Waals surface area contributed by atoms with Crippen LogP contribution in [0, 0.1) is 0 Å². The number of hydrogen-bond donors (Lipinski definition) is 1. The largest absolute Gasteiger partial charge is 0.316 e. The summed E-state index contributed by atoms with van der Waals surface area (Å²) in [4.78, 5) is 0. The minimum Gasteiger partial charge on any atom is -0.292 e. The van der Waals surface area contributed by atoms with E-state index in [1.807, 2.05) is 0 Å². The second kappa shape index (κ2) is 3.24. The molecule has 0 amide bonds. The fourth-order valence-electron chi connectivity index (χ4n) is 0.512. The minimum atomic E-state index is -4.12. The Bertz CT molecular complexity index is 387. The SMILES string of the molecule is O=S1(=O)OCCOS(=O)(O)=C1Br. The molecule has 12 heavy (non-hydrogen) atoms. The van der Waals surface area contributed by atoms with Crippen molar-refractivity contribution >= 4 is 39.2 Å². The Morgan fingerprint density at radius 1 is 1.25 bits per heavy atom. The van der Waals surface area contributed by atoms with E-state index in [4.69, 9.17) is 4.55 Å². The third-order valence-electron chi connectivity index (χ3n) is 0.964. The van der Waals surface area contributed by atoms with E-state index in [0.29, 0.717) is 0 Å². The van der Waals surface area contributed by atoms with E-state index >= 15 is 0 Å². The first-order valence-electron chi connectivity index (χ1n) is 2.69. The molecule has 0 aromatic heterocycles. The standard InChI is InChI=1S/C3H5BrO6S2/c4-3-11(5,6)9-1-2-10-12(3,7)8/h1-2H2,(H,5,6). The summed E-state index contributed by atoms with van der Waals surface area (Å²) in [5.41, 5.74) is 0. The van der Waals surface area contributed by atoms with Crippen molar-refractivity contribution in [2.75, 3.05) is 13.2 Å². The van der Waals surface area contributed by atoms with Crippen molar-refractivity contribution in [2.45, 2.75) is 0 Å². The summed E-state index contributed by atoms with van der Waals surface area (Å²) < 4.78 is 49.4. The first kappa shape index (κ1) is 10.4. The average molecular weight is 281 g/mol. The van der Waals surface area contributed by atoms with Gasteiger partial charge < -0.3 is 0 Å². The third kappa shape index (κ3) is 1.98. The zero-order chi connectivity index (χ0) is 9.41. The van der Waals surface area contributed by atoms with E-state index < -0.39 is 23.3 Å². The van der Waals surface area contributed by atoms with Crippen LogP contribution >= 0.6 is 15.9 Å². The van der Waals surface area contributed by atoms with Crippen molar-refractivity contribution in [1.82, 2.24) is 0 Å². The topological polar surface area (TPSA) is 89.9 Å². The van der Waals surface area contributed by atoms with Gasteiger partial charge in [0.15, 0.2) is 0 Å². The van der Waals surface area contributed by atoms with Gasteiger partial charge in [-0.25, -0.2) is 4.21 Å². The van der Waals surface area contributed by atoms with Gasteiger partial charge in [-0.3, -0.25) is 12.9 Å². The van der Waals surface area contributed by atoms with Gasteiger partial charge in [0.2, 0.25) is 13.2 Å². The molecule has 0 saturated heterocycles. The lowest BCUT2D eigenvalue weighted by Gasteiger charge is -2.00. The molecule has 0 radical (unpaired) electrons. The minimum absolute atomic E-state index is 0.246. The van der Waals surface area contributed by atoms with Crippen molar-refractivity contribution in [3.8, 4) is 0 Å². The summed E-state index contributed by atoms with van der Waals surface area (Å²) in [7, 11) is -8.06. The predicted octanol–water partition coefficient (Wildman–Crippen LogP) is -0.482. The molecule has 1 aliphatic rings. The van der Waals surface area contributed by atoms with Gasteiger partial charge >= 0.3 is 10.1 Å². The lowest BCUT2D eigenvalue weighted by Crippen LogP contribution is -2.17. The van der Waals surface area contributed by atoms with E-state index in [0.717, 1.165) is 0 Å². The number of halogens is 1. The monoisotopic (exact) mass is 280 g/mol. The van der Waals surface area contributed by atoms with Crippen LogP contribution in [0.3, 0.4) is 0 Å². The van der Waals surface area contributed by atoms with Crippen molar-refractivity contribution < 1.29 is 25.5 Å². The third-order valence-corrected chi connectivity index (χ3v) is 6.39. The highest BCUT2D eigenvalue weighted by molar-refractivity contribution is 9.23. The van der Waals surface area contributed by atoms with Crippen molar-refractivity contribution in [1.29, 1.82) is 0 Å². The lowest BCUT2D eigenvalue weighted by atomic mass is 10.8. The van der Waals surface area contributed by atoms with Gasteiger partial charge in [0, 0.05) is 0 Å². The van der Waals surface area contributed by atoms with Gasteiger partial charge in [0.05, 0.1) is 13.2 Å². The first-order valence-corrected chi connectivity index (χ1v) is 6.33. The average Bonchev–Trinajstić information content (AvgIpc) is 2.02. The molecule has 0 aliphatic carbocycles. The molecule has 1 atom stereocenters. The highest BCUT2D eigenvalue weighted by Gasteiger charge is 2.28. The van der Waals surface area contributed by atoms with Gasteiger partial charge in [0.1, 0.15) is 0 Å². The summed E-state index contributed by atoms with van der Waals surface area (Å²) in [6.45, 7) is -0.515. The Balaban J connectivity index is 3.38. The molecule has 0 bridgehead atoms. The molecule has 1 unspecified atom stereocenters. The molecule has 1 rings (SSSR count). The molecule has 0 spiro atoms. The summed E-state index contributed by atoms with van der Waals surface area (Å²) in [5.74, 6) is 0. The quantitative estimate of drug-likeness (QED) is 0.366. The predicted molar refractivity (Wildman–Crippen MR) is 45.5 cm³/mol. The first-order chi connectivity index (χ1) is 5.36. The molecule has 0 saturated carbocycles. The van der Waals surface area contributed by atoms with Gasteiger partial charge in [0.25, 0.3) is 0 Å². The van der Waals surface area contributed by atoms with Crippen LogP contribution in [0.4, 0.5) is 0 Å². The second-order valence-electron chi connectivity index (χ2n) is 1.81. The van der Waals surface area contributed by atoms with E-state index in [9.17, 15) is 12.6 Å². The van der Waals surface area contributed by atoms with Crippen molar-refractivity contribution in [2.24, 2.45) is 0 Å². The summed E-state index contributed by atoms with van der Waals surface area (Å²) >= 11 is 2.43. The van der Waals surface area contributed by atoms with Gasteiger partial charge in [-0.1, -0.05) is 0 Å². The molecule has 0 aromatic carbocycles. The van der Waals surface area contributed by atoms with Crippen LogP contribution in [0.2, 0.25) is 0 Å². The van der Waals surface area contributed by atoms with Crippen LogP contribution in [0.5, 0.6) is 0 Å². The number of rotatable bonds is 0. The Kier molecular flexibility index (Phi) is 2.81. The molecule has 72 valence electrons. The summed E-state index contributed by atoms with van der Waals surface area (Å²) in [6.07, 6.45) is 0. The highest BCUT2D eigenvalue weighted by Crippen LogP contribution is 2.12. The van der Waals surface area contributed by atoms with E-state index in [-0.39, 0.29) is 13.2 Å². The summed E-state index contributed by atoms with van der Waals surface area (Å²) in [6, 6.07) is 0. The van der Waals surface area contributed by atoms with Crippen LogP contribution in [0.1, 0.15) is 0 Å². The fraction of sp³-hybridized carbons (Fsp3) is 0.667.